The predicted molar refractivity (Wildman–Crippen MR) is 130 cm³/mol. The van der Waals surface area contributed by atoms with Crippen LogP contribution in [0.15, 0.2) is 84.9 Å². The van der Waals surface area contributed by atoms with Gasteiger partial charge in [-0.1, -0.05) is 48.5 Å². The molecule has 1 amide bonds. The second-order valence-corrected chi connectivity index (χ2v) is 8.54. The first kappa shape index (κ1) is 18.9. The molecule has 1 aromatic heterocycles. The van der Waals surface area contributed by atoms with Gasteiger partial charge in [-0.2, -0.15) is 0 Å². The van der Waals surface area contributed by atoms with Gasteiger partial charge in [-0.05, 0) is 81.7 Å². The van der Waals surface area contributed by atoms with Gasteiger partial charge in [0, 0.05) is 26.5 Å². The van der Waals surface area contributed by atoms with E-state index in [0.29, 0.717) is 12.1 Å². The maximum atomic E-state index is 12.2. The van der Waals surface area contributed by atoms with Gasteiger partial charge >= 0.3 is 0 Å². The first-order valence-corrected chi connectivity index (χ1v) is 10.8. The third kappa shape index (κ3) is 3.27. The molecule has 0 spiro atoms. The van der Waals surface area contributed by atoms with Crippen LogP contribution in [0.3, 0.4) is 0 Å². The number of carbonyl (C=O) groups excluding carboxylic acids is 1. The minimum atomic E-state index is -0.422. The molecule has 5 aromatic rings. The van der Waals surface area contributed by atoms with E-state index in [4.69, 9.17) is 5.73 Å². The van der Waals surface area contributed by atoms with Crippen molar-refractivity contribution in [3.63, 3.8) is 0 Å². The number of rotatable bonds is 4. The maximum Gasteiger partial charge on any atom is 0.249 e. The molecule has 0 saturated heterocycles. The molecule has 5 rings (SSSR count). The molecule has 0 aliphatic carbocycles. The molecule has 0 aliphatic rings. The van der Waals surface area contributed by atoms with Gasteiger partial charge in [0.25, 0.3) is 0 Å². The Morgan fingerprint density at radius 3 is 2.47 bits per heavy atom. The lowest BCUT2D eigenvalue weighted by Gasteiger charge is -2.10. The van der Waals surface area contributed by atoms with Crippen LogP contribution < -0.4 is 5.73 Å². The predicted octanol–water partition coefficient (Wildman–Crippen LogP) is 6.01. The molecule has 0 saturated carbocycles. The fourth-order valence-electron chi connectivity index (χ4n) is 4.05. The number of fused-ring (bicyclic) bond motifs is 3. The quantitative estimate of drug-likeness (QED) is 0.301. The van der Waals surface area contributed by atoms with Crippen molar-refractivity contribution < 1.29 is 4.79 Å². The van der Waals surface area contributed by atoms with Gasteiger partial charge in [-0.3, -0.25) is 4.79 Å². The monoisotopic (exact) mass is 501 g/mol. The molecule has 2 N–H and O–H groups in total. The first-order chi connectivity index (χ1) is 14.6. The second kappa shape index (κ2) is 7.61. The SMILES string of the molecule is NC(=O)c1cccc2c1c1[c]cc(-c3ccccc3)cc1n2Cc1cccc(I)c1. The summed E-state index contributed by atoms with van der Waals surface area (Å²) in [6, 6.07) is 32.1. The average Bonchev–Trinajstić information content (AvgIpc) is 3.07. The zero-order valence-corrected chi connectivity index (χ0v) is 18.3. The van der Waals surface area contributed by atoms with Crippen LogP contribution >= 0.6 is 22.6 Å². The zero-order valence-electron chi connectivity index (χ0n) is 16.1. The number of primary amides is 1. The zero-order chi connectivity index (χ0) is 20.7. The van der Waals surface area contributed by atoms with E-state index in [-0.39, 0.29) is 0 Å². The number of halogens is 1. The molecule has 145 valence electrons. The van der Waals surface area contributed by atoms with Crippen molar-refractivity contribution in [2.24, 2.45) is 5.73 Å². The highest BCUT2D eigenvalue weighted by Gasteiger charge is 2.17. The molecule has 30 heavy (non-hydrogen) atoms. The summed E-state index contributed by atoms with van der Waals surface area (Å²) < 4.78 is 3.45. The highest BCUT2D eigenvalue weighted by atomic mass is 127. The van der Waals surface area contributed by atoms with Gasteiger partial charge in [0.15, 0.2) is 0 Å². The van der Waals surface area contributed by atoms with Gasteiger partial charge < -0.3 is 10.3 Å². The summed E-state index contributed by atoms with van der Waals surface area (Å²) in [6.45, 7) is 0.700. The molecule has 3 nitrogen and oxygen atoms in total. The van der Waals surface area contributed by atoms with Gasteiger partial charge in [0.05, 0.1) is 11.0 Å². The Kier molecular flexibility index (Phi) is 4.79. The minimum Gasteiger partial charge on any atom is -0.366 e. The van der Waals surface area contributed by atoms with Gasteiger partial charge in [0.2, 0.25) is 5.91 Å². The van der Waals surface area contributed by atoms with E-state index in [0.717, 1.165) is 32.9 Å². The number of hydrogen-bond acceptors (Lipinski definition) is 1. The fourth-order valence-corrected chi connectivity index (χ4v) is 4.65. The maximum absolute atomic E-state index is 12.2. The summed E-state index contributed by atoms with van der Waals surface area (Å²) in [5, 5.41) is 1.79. The van der Waals surface area contributed by atoms with E-state index in [9.17, 15) is 4.79 Å². The molecular formula is C26H18IN2O. The summed E-state index contributed by atoms with van der Waals surface area (Å²) in [4.78, 5) is 12.2. The highest BCUT2D eigenvalue weighted by Crippen LogP contribution is 2.34. The van der Waals surface area contributed by atoms with E-state index in [2.05, 4.69) is 75.7 Å². The Labute approximate surface area is 188 Å². The lowest BCUT2D eigenvalue weighted by Crippen LogP contribution is -2.11. The molecular weight excluding hydrogens is 483 g/mol. The number of nitrogens with two attached hydrogens (primary N) is 1. The van der Waals surface area contributed by atoms with Crippen molar-refractivity contribution >= 4 is 50.3 Å². The number of aromatic nitrogens is 1. The van der Waals surface area contributed by atoms with Crippen molar-refractivity contribution in [3.05, 3.63) is 106 Å². The minimum absolute atomic E-state index is 0.422. The van der Waals surface area contributed by atoms with Gasteiger partial charge in [-0.15, -0.1) is 0 Å². The second-order valence-electron chi connectivity index (χ2n) is 7.29. The fraction of sp³-hybridized carbons (Fsp3) is 0.0385. The van der Waals surface area contributed by atoms with Crippen LogP contribution in [-0.2, 0) is 6.54 Å². The van der Waals surface area contributed by atoms with Crippen LogP contribution in [0.25, 0.3) is 32.9 Å². The first-order valence-electron chi connectivity index (χ1n) is 9.68. The number of amides is 1. The largest absolute Gasteiger partial charge is 0.366 e. The third-order valence-corrected chi connectivity index (χ3v) is 6.07. The Balaban J connectivity index is 1.81. The van der Waals surface area contributed by atoms with Crippen LogP contribution in [-0.4, -0.2) is 10.5 Å². The van der Waals surface area contributed by atoms with Crippen LogP contribution in [0.1, 0.15) is 15.9 Å². The molecule has 1 heterocycles. The summed E-state index contributed by atoms with van der Waals surface area (Å²) in [5.41, 5.74) is 11.7. The lowest BCUT2D eigenvalue weighted by atomic mass is 10.0. The van der Waals surface area contributed by atoms with E-state index in [1.165, 1.54) is 9.13 Å². The van der Waals surface area contributed by atoms with Crippen LogP contribution in [0.4, 0.5) is 0 Å². The van der Waals surface area contributed by atoms with Crippen molar-refractivity contribution in [2.45, 2.75) is 6.54 Å². The smallest absolute Gasteiger partial charge is 0.249 e. The van der Waals surface area contributed by atoms with E-state index in [1.807, 2.05) is 36.4 Å². The summed E-state index contributed by atoms with van der Waals surface area (Å²) in [6.07, 6.45) is 0. The molecule has 4 aromatic carbocycles. The Bertz CT molecular complexity index is 1400. The van der Waals surface area contributed by atoms with Crippen molar-refractivity contribution in [3.8, 4) is 11.1 Å². The number of carbonyl (C=O) groups is 1. The molecule has 0 atom stereocenters. The summed E-state index contributed by atoms with van der Waals surface area (Å²) in [7, 11) is 0. The topological polar surface area (TPSA) is 48.0 Å². The molecule has 4 heteroatoms. The van der Waals surface area contributed by atoms with Crippen molar-refractivity contribution in [1.82, 2.24) is 4.57 Å². The van der Waals surface area contributed by atoms with Gasteiger partial charge in [0.1, 0.15) is 0 Å². The van der Waals surface area contributed by atoms with E-state index < -0.39 is 5.91 Å². The Hall–Kier alpha value is -3.12. The molecule has 0 fully saturated rings. The van der Waals surface area contributed by atoms with Crippen LogP contribution in [0.2, 0.25) is 0 Å². The number of nitrogens with zero attached hydrogens (tertiary/aromatic N) is 1. The number of hydrogen-bond donors (Lipinski definition) is 1. The standard InChI is InChI=1S/C26H18IN2O/c27-20-9-4-6-17(14-20)16-29-23-11-5-10-22(26(28)30)25(23)21-13-12-19(15-24(21)29)18-7-2-1-3-8-18/h1-12,14-15H,16H2,(H2,28,30). The van der Waals surface area contributed by atoms with Gasteiger partial charge in [-0.25, -0.2) is 0 Å². The number of benzene rings is 4. The van der Waals surface area contributed by atoms with Crippen molar-refractivity contribution in [2.75, 3.05) is 0 Å². The highest BCUT2D eigenvalue weighted by molar-refractivity contribution is 14.1. The van der Waals surface area contributed by atoms with Crippen LogP contribution in [0, 0.1) is 9.64 Å². The Morgan fingerprint density at radius 2 is 1.70 bits per heavy atom. The normalized spacial score (nSPS) is 11.2. The lowest BCUT2D eigenvalue weighted by molar-refractivity contribution is 0.100. The Morgan fingerprint density at radius 1 is 0.900 bits per heavy atom. The molecule has 1 radical (unpaired) electrons. The molecule has 0 bridgehead atoms. The van der Waals surface area contributed by atoms with E-state index in [1.54, 1.807) is 6.07 Å². The average molecular weight is 501 g/mol. The van der Waals surface area contributed by atoms with Crippen LogP contribution in [0.5, 0.6) is 0 Å². The summed E-state index contributed by atoms with van der Waals surface area (Å²) >= 11 is 2.33. The molecule has 0 unspecified atom stereocenters. The third-order valence-electron chi connectivity index (χ3n) is 5.40. The van der Waals surface area contributed by atoms with Crippen molar-refractivity contribution in [1.29, 1.82) is 0 Å². The molecule has 0 aliphatic heterocycles. The summed E-state index contributed by atoms with van der Waals surface area (Å²) in [5.74, 6) is -0.422. The van der Waals surface area contributed by atoms with E-state index >= 15 is 0 Å².